The first-order valence-corrected chi connectivity index (χ1v) is 6.18. The van der Waals surface area contributed by atoms with Gasteiger partial charge < -0.3 is 11.5 Å². The van der Waals surface area contributed by atoms with Crippen molar-refractivity contribution in [3.05, 3.63) is 35.4 Å². The summed E-state index contributed by atoms with van der Waals surface area (Å²) in [4.78, 5) is 22.5. The van der Waals surface area contributed by atoms with Crippen LogP contribution in [0.1, 0.15) is 30.4 Å². The molecular weight excluding hydrogens is 228 g/mol. The Morgan fingerprint density at radius 1 is 1.11 bits per heavy atom. The zero-order chi connectivity index (χ0) is 13.2. The van der Waals surface area contributed by atoms with E-state index in [0.29, 0.717) is 32.1 Å². The molecule has 18 heavy (non-hydrogen) atoms. The van der Waals surface area contributed by atoms with E-state index in [0.717, 1.165) is 0 Å². The molecule has 4 heteroatoms. The minimum atomic E-state index is -0.529. The predicted molar refractivity (Wildman–Crippen MR) is 68.5 cm³/mol. The van der Waals surface area contributed by atoms with Crippen molar-refractivity contribution < 1.29 is 9.59 Å². The van der Waals surface area contributed by atoms with E-state index in [1.165, 1.54) is 11.1 Å². The van der Waals surface area contributed by atoms with Crippen LogP contribution >= 0.6 is 0 Å². The Bertz CT molecular complexity index is 457. The van der Waals surface area contributed by atoms with E-state index in [1.54, 1.807) is 0 Å². The van der Waals surface area contributed by atoms with Crippen molar-refractivity contribution in [2.75, 3.05) is 0 Å². The van der Waals surface area contributed by atoms with Gasteiger partial charge in [-0.05, 0) is 36.8 Å². The Balaban J connectivity index is 2.12. The Hall–Kier alpha value is -1.84. The number of primary amides is 2. The van der Waals surface area contributed by atoms with Crippen LogP contribution in [0.4, 0.5) is 0 Å². The van der Waals surface area contributed by atoms with Crippen molar-refractivity contribution in [3.8, 4) is 0 Å². The Kier molecular flexibility index (Phi) is 3.36. The van der Waals surface area contributed by atoms with Crippen LogP contribution in [0.25, 0.3) is 0 Å². The molecule has 96 valence electrons. The molecule has 0 atom stereocenters. The maximum absolute atomic E-state index is 11.8. The molecule has 0 aliphatic heterocycles. The van der Waals surface area contributed by atoms with Gasteiger partial charge in [0.25, 0.3) is 0 Å². The molecule has 0 unspecified atom stereocenters. The maximum Gasteiger partial charge on any atom is 0.224 e. The number of carbonyl (C=O) groups is 2. The Morgan fingerprint density at radius 2 is 1.67 bits per heavy atom. The molecule has 2 amide bonds. The Labute approximate surface area is 106 Å². The van der Waals surface area contributed by atoms with Crippen molar-refractivity contribution in [2.45, 2.75) is 32.1 Å². The SMILES string of the molecule is NC(=O)CCCC1(C(N)=O)Cc2ccccc2C1. The van der Waals surface area contributed by atoms with E-state index < -0.39 is 5.41 Å². The average molecular weight is 246 g/mol. The van der Waals surface area contributed by atoms with Crippen LogP contribution in [0.5, 0.6) is 0 Å². The lowest BCUT2D eigenvalue weighted by molar-refractivity contribution is -0.128. The highest BCUT2D eigenvalue weighted by molar-refractivity contribution is 5.83. The summed E-state index contributed by atoms with van der Waals surface area (Å²) in [5.41, 5.74) is 12.6. The van der Waals surface area contributed by atoms with E-state index in [2.05, 4.69) is 0 Å². The lowest BCUT2D eigenvalue weighted by Gasteiger charge is -2.24. The summed E-state index contributed by atoms with van der Waals surface area (Å²) >= 11 is 0. The third-order valence-corrected chi connectivity index (χ3v) is 3.78. The lowest BCUT2D eigenvalue weighted by Crippen LogP contribution is -2.38. The monoisotopic (exact) mass is 246 g/mol. The second kappa shape index (κ2) is 4.80. The molecule has 0 heterocycles. The topological polar surface area (TPSA) is 86.2 Å². The number of hydrogen-bond donors (Lipinski definition) is 2. The highest BCUT2D eigenvalue weighted by Crippen LogP contribution is 2.40. The molecule has 1 aromatic carbocycles. The van der Waals surface area contributed by atoms with Crippen molar-refractivity contribution in [3.63, 3.8) is 0 Å². The number of hydrogen-bond acceptors (Lipinski definition) is 2. The van der Waals surface area contributed by atoms with Crippen molar-refractivity contribution in [1.82, 2.24) is 0 Å². The summed E-state index contributed by atoms with van der Waals surface area (Å²) in [5, 5.41) is 0. The van der Waals surface area contributed by atoms with Crippen LogP contribution in [0.15, 0.2) is 24.3 Å². The van der Waals surface area contributed by atoms with Crippen LogP contribution in [-0.2, 0) is 22.4 Å². The Morgan fingerprint density at radius 3 is 2.11 bits per heavy atom. The molecule has 0 saturated carbocycles. The molecule has 0 radical (unpaired) electrons. The fourth-order valence-electron chi connectivity index (χ4n) is 2.77. The van der Waals surface area contributed by atoms with Crippen LogP contribution in [0.3, 0.4) is 0 Å². The van der Waals surface area contributed by atoms with E-state index >= 15 is 0 Å². The molecule has 0 fully saturated rings. The van der Waals surface area contributed by atoms with Gasteiger partial charge in [-0.1, -0.05) is 24.3 Å². The van der Waals surface area contributed by atoms with Gasteiger partial charge in [-0.3, -0.25) is 9.59 Å². The summed E-state index contributed by atoms with van der Waals surface area (Å²) in [6.45, 7) is 0. The normalized spacial score (nSPS) is 16.2. The molecule has 4 nitrogen and oxygen atoms in total. The van der Waals surface area contributed by atoms with Crippen LogP contribution in [-0.4, -0.2) is 11.8 Å². The molecule has 1 aromatic rings. The average Bonchev–Trinajstić information content (AvgIpc) is 2.68. The van der Waals surface area contributed by atoms with Crippen LogP contribution in [0.2, 0.25) is 0 Å². The van der Waals surface area contributed by atoms with Crippen molar-refractivity contribution >= 4 is 11.8 Å². The van der Waals surface area contributed by atoms with Crippen molar-refractivity contribution in [1.29, 1.82) is 0 Å². The summed E-state index contributed by atoms with van der Waals surface area (Å²) in [6.07, 6.45) is 2.91. The van der Waals surface area contributed by atoms with E-state index in [9.17, 15) is 9.59 Å². The third kappa shape index (κ3) is 2.37. The van der Waals surface area contributed by atoms with Gasteiger partial charge in [0.2, 0.25) is 11.8 Å². The summed E-state index contributed by atoms with van der Waals surface area (Å²) in [7, 11) is 0. The number of carbonyl (C=O) groups excluding carboxylic acids is 2. The molecule has 0 aromatic heterocycles. The lowest BCUT2D eigenvalue weighted by atomic mass is 9.79. The molecule has 2 rings (SSSR count). The molecular formula is C14H18N2O2. The minimum Gasteiger partial charge on any atom is -0.370 e. The van der Waals surface area contributed by atoms with Gasteiger partial charge in [-0.15, -0.1) is 0 Å². The first-order chi connectivity index (χ1) is 8.53. The largest absolute Gasteiger partial charge is 0.370 e. The maximum atomic E-state index is 11.8. The van der Waals surface area contributed by atoms with E-state index in [1.807, 2.05) is 24.3 Å². The van der Waals surface area contributed by atoms with Gasteiger partial charge in [-0.2, -0.15) is 0 Å². The summed E-state index contributed by atoms with van der Waals surface area (Å²) < 4.78 is 0. The first-order valence-electron chi connectivity index (χ1n) is 6.18. The predicted octanol–water partition coefficient (Wildman–Crippen LogP) is 0.912. The quantitative estimate of drug-likeness (QED) is 0.809. The fourth-order valence-corrected chi connectivity index (χ4v) is 2.77. The number of rotatable bonds is 5. The highest BCUT2D eigenvalue weighted by Gasteiger charge is 2.41. The van der Waals surface area contributed by atoms with Gasteiger partial charge in [0, 0.05) is 6.42 Å². The molecule has 4 N–H and O–H groups in total. The van der Waals surface area contributed by atoms with Gasteiger partial charge >= 0.3 is 0 Å². The number of fused-ring (bicyclic) bond motifs is 1. The van der Waals surface area contributed by atoms with E-state index in [-0.39, 0.29) is 11.8 Å². The van der Waals surface area contributed by atoms with Crippen molar-refractivity contribution in [2.24, 2.45) is 16.9 Å². The number of benzene rings is 1. The number of amides is 2. The molecule has 1 aliphatic carbocycles. The molecule has 0 bridgehead atoms. The van der Waals surface area contributed by atoms with Gasteiger partial charge in [0.1, 0.15) is 0 Å². The molecule has 0 saturated heterocycles. The standard InChI is InChI=1S/C14H18N2O2/c15-12(17)6-3-7-14(13(16)18)8-10-4-1-2-5-11(10)9-14/h1-2,4-5H,3,6-9H2,(H2,15,17)(H2,16,18). The minimum absolute atomic E-state index is 0.275. The summed E-state index contributed by atoms with van der Waals surface area (Å²) in [5.74, 6) is -0.603. The zero-order valence-corrected chi connectivity index (χ0v) is 10.3. The van der Waals surface area contributed by atoms with Gasteiger partial charge in [0.05, 0.1) is 5.41 Å². The first kappa shape index (κ1) is 12.6. The second-order valence-corrected chi connectivity index (χ2v) is 5.09. The fraction of sp³-hybridized carbons (Fsp3) is 0.429. The van der Waals surface area contributed by atoms with E-state index in [4.69, 9.17) is 11.5 Å². The van der Waals surface area contributed by atoms with Crippen LogP contribution < -0.4 is 11.5 Å². The number of nitrogens with two attached hydrogens (primary N) is 2. The zero-order valence-electron chi connectivity index (χ0n) is 10.3. The molecule has 0 spiro atoms. The molecule has 1 aliphatic rings. The second-order valence-electron chi connectivity index (χ2n) is 5.09. The smallest absolute Gasteiger partial charge is 0.224 e. The van der Waals surface area contributed by atoms with Gasteiger partial charge in [0.15, 0.2) is 0 Å². The third-order valence-electron chi connectivity index (χ3n) is 3.78. The summed E-state index contributed by atoms with van der Waals surface area (Å²) in [6, 6.07) is 8.01. The van der Waals surface area contributed by atoms with Gasteiger partial charge in [-0.25, -0.2) is 0 Å². The van der Waals surface area contributed by atoms with Crippen LogP contribution in [0, 0.1) is 5.41 Å². The highest BCUT2D eigenvalue weighted by atomic mass is 16.1.